The third-order valence-corrected chi connectivity index (χ3v) is 2.50. The first-order valence-corrected chi connectivity index (χ1v) is 5.34. The molecule has 0 aliphatic rings. The van der Waals surface area contributed by atoms with E-state index >= 15 is 0 Å². The Balaban J connectivity index is 2.34. The Kier molecular flexibility index (Phi) is 3.01. The topological polar surface area (TPSA) is 42.7 Å². The van der Waals surface area contributed by atoms with Crippen LogP contribution in [0.15, 0.2) is 24.4 Å². The molecular formula is C12H16N4. The SMILES string of the molecule is CNCc1ccc(-n2ccc(C)n2)nc1C. The number of aromatic nitrogens is 3. The van der Waals surface area contributed by atoms with Crippen molar-refractivity contribution in [3.8, 4) is 5.82 Å². The van der Waals surface area contributed by atoms with Gasteiger partial charge in [0.15, 0.2) is 5.82 Å². The van der Waals surface area contributed by atoms with Crippen molar-refractivity contribution in [1.29, 1.82) is 0 Å². The minimum Gasteiger partial charge on any atom is -0.316 e. The molecule has 2 heterocycles. The normalized spacial score (nSPS) is 10.7. The summed E-state index contributed by atoms with van der Waals surface area (Å²) >= 11 is 0. The number of aryl methyl sites for hydroxylation is 2. The largest absolute Gasteiger partial charge is 0.316 e. The first kappa shape index (κ1) is 10.8. The molecule has 0 radical (unpaired) electrons. The second-order valence-electron chi connectivity index (χ2n) is 3.85. The summed E-state index contributed by atoms with van der Waals surface area (Å²) in [5.74, 6) is 0.866. The van der Waals surface area contributed by atoms with E-state index < -0.39 is 0 Å². The van der Waals surface area contributed by atoms with Crippen LogP contribution in [0.3, 0.4) is 0 Å². The Bertz CT molecular complexity index is 488. The summed E-state index contributed by atoms with van der Waals surface area (Å²) in [6, 6.07) is 6.05. The highest BCUT2D eigenvalue weighted by atomic mass is 15.3. The van der Waals surface area contributed by atoms with E-state index in [0.717, 1.165) is 23.8 Å². The van der Waals surface area contributed by atoms with Gasteiger partial charge in [-0.2, -0.15) is 5.10 Å². The predicted molar refractivity (Wildman–Crippen MR) is 63.6 cm³/mol. The molecule has 0 aromatic carbocycles. The van der Waals surface area contributed by atoms with Crippen molar-refractivity contribution in [1.82, 2.24) is 20.1 Å². The van der Waals surface area contributed by atoms with E-state index in [1.807, 2.05) is 39.2 Å². The average Bonchev–Trinajstić information content (AvgIpc) is 2.68. The summed E-state index contributed by atoms with van der Waals surface area (Å²) in [5.41, 5.74) is 3.26. The van der Waals surface area contributed by atoms with Crippen LogP contribution in [0.4, 0.5) is 0 Å². The van der Waals surface area contributed by atoms with E-state index in [0.29, 0.717) is 0 Å². The molecule has 2 rings (SSSR count). The van der Waals surface area contributed by atoms with E-state index in [1.165, 1.54) is 5.56 Å². The molecule has 0 fully saturated rings. The summed E-state index contributed by atoms with van der Waals surface area (Å²) < 4.78 is 1.80. The molecule has 84 valence electrons. The number of hydrogen-bond donors (Lipinski definition) is 1. The molecule has 0 spiro atoms. The number of rotatable bonds is 3. The summed E-state index contributed by atoms with van der Waals surface area (Å²) in [7, 11) is 1.93. The Morgan fingerprint density at radius 3 is 2.62 bits per heavy atom. The molecule has 16 heavy (non-hydrogen) atoms. The minimum absolute atomic E-state index is 0.844. The maximum atomic E-state index is 4.54. The Labute approximate surface area is 95.3 Å². The van der Waals surface area contributed by atoms with Crippen LogP contribution in [0.5, 0.6) is 0 Å². The number of nitrogens with zero attached hydrogens (tertiary/aromatic N) is 3. The van der Waals surface area contributed by atoms with E-state index in [-0.39, 0.29) is 0 Å². The maximum absolute atomic E-state index is 4.54. The van der Waals surface area contributed by atoms with E-state index in [1.54, 1.807) is 4.68 Å². The molecule has 2 aromatic heterocycles. The fraction of sp³-hybridized carbons (Fsp3) is 0.333. The number of nitrogens with one attached hydrogen (secondary N) is 1. The van der Waals surface area contributed by atoms with Crippen LogP contribution in [0.25, 0.3) is 5.82 Å². The van der Waals surface area contributed by atoms with Gasteiger partial charge in [0.2, 0.25) is 0 Å². The van der Waals surface area contributed by atoms with Crippen LogP contribution < -0.4 is 5.32 Å². The minimum atomic E-state index is 0.844. The van der Waals surface area contributed by atoms with Crippen molar-refractivity contribution in [3.63, 3.8) is 0 Å². The molecule has 0 aliphatic heterocycles. The highest BCUT2D eigenvalue weighted by Gasteiger charge is 2.03. The molecule has 0 amide bonds. The highest BCUT2D eigenvalue weighted by Crippen LogP contribution is 2.10. The third-order valence-electron chi connectivity index (χ3n) is 2.50. The lowest BCUT2D eigenvalue weighted by Gasteiger charge is -2.07. The third kappa shape index (κ3) is 2.12. The van der Waals surface area contributed by atoms with Gasteiger partial charge < -0.3 is 5.32 Å². The van der Waals surface area contributed by atoms with Gasteiger partial charge in [0.05, 0.1) is 5.69 Å². The van der Waals surface area contributed by atoms with Crippen LogP contribution in [-0.4, -0.2) is 21.8 Å². The smallest absolute Gasteiger partial charge is 0.153 e. The lowest BCUT2D eigenvalue weighted by atomic mass is 10.2. The molecule has 0 saturated heterocycles. The van der Waals surface area contributed by atoms with Crippen LogP contribution >= 0.6 is 0 Å². The fourth-order valence-corrected chi connectivity index (χ4v) is 1.62. The van der Waals surface area contributed by atoms with Gasteiger partial charge in [-0.25, -0.2) is 9.67 Å². The predicted octanol–water partition coefficient (Wildman–Crippen LogP) is 1.60. The van der Waals surface area contributed by atoms with Gasteiger partial charge in [-0.15, -0.1) is 0 Å². The van der Waals surface area contributed by atoms with Gasteiger partial charge in [-0.3, -0.25) is 0 Å². The summed E-state index contributed by atoms with van der Waals surface area (Å²) in [5, 5.41) is 7.46. The molecule has 0 bridgehead atoms. The molecule has 0 unspecified atom stereocenters. The zero-order valence-corrected chi connectivity index (χ0v) is 9.86. The first-order chi connectivity index (χ1) is 7.70. The fourth-order valence-electron chi connectivity index (χ4n) is 1.62. The molecule has 4 heteroatoms. The van der Waals surface area contributed by atoms with Gasteiger partial charge in [0.1, 0.15) is 0 Å². The monoisotopic (exact) mass is 216 g/mol. The van der Waals surface area contributed by atoms with Crippen molar-refractivity contribution < 1.29 is 0 Å². The highest BCUT2D eigenvalue weighted by molar-refractivity contribution is 5.29. The Morgan fingerprint density at radius 2 is 2.06 bits per heavy atom. The molecule has 4 nitrogen and oxygen atoms in total. The van der Waals surface area contributed by atoms with Gasteiger partial charge in [0.25, 0.3) is 0 Å². The molecule has 0 atom stereocenters. The van der Waals surface area contributed by atoms with Crippen LogP contribution in [0.2, 0.25) is 0 Å². The zero-order valence-electron chi connectivity index (χ0n) is 9.86. The lowest BCUT2D eigenvalue weighted by Crippen LogP contribution is -2.09. The zero-order chi connectivity index (χ0) is 11.5. The van der Waals surface area contributed by atoms with E-state index in [2.05, 4.69) is 21.5 Å². The second-order valence-corrected chi connectivity index (χ2v) is 3.85. The van der Waals surface area contributed by atoms with Crippen molar-refractivity contribution in [2.24, 2.45) is 0 Å². The summed E-state index contributed by atoms with van der Waals surface area (Å²) in [4.78, 5) is 4.54. The van der Waals surface area contributed by atoms with Crippen molar-refractivity contribution in [3.05, 3.63) is 41.3 Å². The lowest BCUT2D eigenvalue weighted by molar-refractivity contribution is 0.787. The molecular weight excluding hydrogens is 200 g/mol. The molecule has 1 N–H and O–H groups in total. The molecule has 0 saturated carbocycles. The summed E-state index contributed by atoms with van der Waals surface area (Å²) in [6.07, 6.45) is 1.93. The van der Waals surface area contributed by atoms with Crippen molar-refractivity contribution >= 4 is 0 Å². The number of hydrogen-bond acceptors (Lipinski definition) is 3. The number of pyridine rings is 1. The molecule has 0 aliphatic carbocycles. The van der Waals surface area contributed by atoms with Crippen molar-refractivity contribution in [2.75, 3.05) is 7.05 Å². The van der Waals surface area contributed by atoms with Crippen molar-refractivity contribution in [2.45, 2.75) is 20.4 Å². The van der Waals surface area contributed by atoms with Crippen LogP contribution in [-0.2, 0) is 6.54 Å². The van der Waals surface area contributed by atoms with Crippen LogP contribution in [0.1, 0.15) is 17.0 Å². The van der Waals surface area contributed by atoms with Gasteiger partial charge in [-0.05, 0) is 38.6 Å². The van der Waals surface area contributed by atoms with Gasteiger partial charge >= 0.3 is 0 Å². The quantitative estimate of drug-likeness (QED) is 0.847. The standard InChI is InChI=1S/C12H16N4/c1-9-6-7-16(15-9)12-5-4-11(8-13-3)10(2)14-12/h4-7,13H,8H2,1-3H3. The van der Waals surface area contributed by atoms with Gasteiger partial charge in [0, 0.05) is 18.4 Å². The van der Waals surface area contributed by atoms with E-state index in [9.17, 15) is 0 Å². The summed E-state index contributed by atoms with van der Waals surface area (Å²) in [6.45, 7) is 4.84. The first-order valence-electron chi connectivity index (χ1n) is 5.34. The average molecular weight is 216 g/mol. The Morgan fingerprint density at radius 1 is 1.25 bits per heavy atom. The second kappa shape index (κ2) is 4.45. The Hall–Kier alpha value is -1.68. The maximum Gasteiger partial charge on any atom is 0.153 e. The van der Waals surface area contributed by atoms with Gasteiger partial charge in [-0.1, -0.05) is 6.07 Å². The molecule has 2 aromatic rings. The van der Waals surface area contributed by atoms with Crippen LogP contribution in [0, 0.1) is 13.8 Å². The van der Waals surface area contributed by atoms with E-state index in [4.69, 9.17) is 0 Å².